The van der Waals surface area contributed by atoms with Crippen LogP contribution in [-0.2, 0) is 31.0 Å². The van der Waals surface area contributed by atoms with Crippen LogP contribution in [0.3, 0.4) is 0 Å². The lowest BCUT2D eigenvalue weighted by Gasteiger charge is -2.24. The van der Waals surface area contributed by atoms with E-state index < -0.39 is 33.2 Å². The van der Waals surface area contributed by atoms with Gasteiger partial charge in [0.25, 0.3) is 0 Å². The Morgan fingerprint density at radius 3 is 2.57 bits per heavy atom. The molecule has 1 aliphatic heterocycles. The van der Waals surface area contributed by atoms with Gasteiger partial charge >= 0.3 is 5.97 Å². The Morgan fingerprint density at radius 2 is 2.04 bits per heavy atom. The molecule has 2 atom stereocenters. The first-order valence-corrected chi connectivity index (χ1v) is 8.55. The molecule has 1 aliphatic rings. The summed E-state index contributed by atoms with van der Waals surface area (Å²) < 4.78 is 28.0. The molecule has 1 heterocycles. The van der Waals surface area contributed by atoms with E-state index in [1.165, 1.54) is 0 Å². The molecule has 1 unspecified atom stereocenters. The summed E-state index contributed by atoms with van der Waals surface area (Å²) in [6, 6.07) is 7.92. The Morgan fingerprint density at radius 1 is 1.39 bits per heavy atom. The van der Waals surface area contributed by atoms with E-state index in [1.54, 1.807) is 0 Å². The Balaban J connectivity index is 1.99. The van der Waals surface area contributed by atoms with Crippen LogP contribution in [0.15, 0.2) is 30.3 Å². The Labute approximate surface area is 133 Å². The molecule has 2 rings (SSSR count). The fourth-order valence-electron chi connectivity index (χ4n) is 2.38. The summed E-state index contributed by atoms with van der Waals surface area (Å²) in [5.41, 5.74) is 0.867. The number of ether oxygens (including phenoxy) is 1. The van der Waals surface area contributed by atoms with E-state index in [4.69, 9.17) is 9.88 Å². The van der Waals surface area contributed by atoms with E-state index >= 15 is 0 Å². The van der Waals surface area contributed by atoms with Gasteiger partial charge in [-0.2, -0.15) is 0 Å². The first kappa shape index (κ1) is 17.4. The van der Waals surface area contributed by atoms with Gasteiger partial charge in [-0.25, -0.2) is 18.4 Å². The number of aliphatic carboxylic acids is 1. The molecule has 3 N–H and O–H groups in total. The molecule has 0 spiro atoms. The van der Waals surface area contributed by atoms with Crippen molar-refractivity contribution in [2.75, 3.05) is 13.2 Å². The summed E-state index contributed by atoms with van der Waals surface area (Å²) in [6.45, 7) is -0.262. The number of rotatable bonds is 7. The summed E-state index contributed by atoms with van der Waals surface area (Å²) in [6.07, 6.45) is -0.304. The molecular formula is C14H18N2O6S. The molecule has 1 amide bonds. The number of hydrogen-bond acceptors (Lipinski definition) is 5. The summed E-state index contributed by atoms with van der Waals surface area (Å²) in [4.78, 5) is 24.3. The van der Waals surface area contributed by atoms with E-state index in [9.17, 15) is 23.1 Å². The number of carbonyl (C=O) groups is 2. The van der Waals surface area contributed by atoms with Crippen molar-refractivity contribution in [1.82, 2.24) is 4.90 Å². The highest BCUT2D eigenvalue weighted by Crippen LogP contribution is 2.19. The number of benzene rings is 1. The third kappa shape index (κ3) is 4.50. The normalized spacial score (nSPS) is 19.8. The van der Waals surface area contributed by atoms with Crippen molar-refractivity contribution in [3.05, 3.63) is 35.9 Å². The molecule has 8 nitrogen and oxygen atoms in total. The molecule has 1 saturated heterocycles. The Bertz CT molecular complexity index is 676. The lowest BCUT2D eigenvalue weighted by Crippen LogP contribution is -2.46. The molecule has 0 aromatic heterocycles. The number of carbonyl (C=O) groups excluding carboxylic acids is 1. The first-order chi connectivity index (χ1) is 10.8. The summed E-state index contributed by atoms with van der Waals surface area (Å²) >= 11 is 0. The molecule has 0 bridgehead atoms. The number of carboxylic acids is 1. The van der Waals surface area contributed by atoms with Gasteiger partial charge < -0.3 is 14.7 Å². The molecule has 126 valence electrons. The second-order valence-corrected chi connectivity index (χ2v) is 7.16. The third-order valence-electron chi connectivity index (χ3n) is 3.64. The van der Waals surface area contributed by atoms with Crippen molar-refractivity contribution in [2.24, 2.45) is 5.14 Å². The molecule has 1 aromatic rings. The number of nitrogens with zero attached hydrogens (tertiary/aromatic N) is 1. The van der Waals surface area contributed by atoms with Crippen molar-refractivity contribution in [3.63, 3.8) is 0 Å². The minimum Gasteiger partial charge on any atom is -0.480 e. The van der Waals surface area contributed by atoms with Gasteiger partial charge in [-0.05, 0) is 5.56 Å². The van der Waals surface area contributed by atoms with Gasteiger partial charge in [0.15, 0.2) is 6.04 Å². The zero-order valence-corrected chi connectivity index (χ0v) is 13.1. The van der Waals surface area contributed by atoms with Crippen LogP contribution in [0.1, 0.15) is 12.0 Å². The van der Waals surface area contributed by atoms with Crippen molar-refractivity contribution in [1.29, 1.82) is 0 Å². The third-order valence-corrected chi connectivity index (χ3v) is 4.88. The van der Waals surface area contributed by atoms with Crippen molar-refractivity contribution < 1.29 is 27.9 Å². The lowest BCUT2D eigenvalue weighted by atomic mass is 10.2. The highest BCUT2D eigenvalue weighted by atomic mass is 32.2. The van der Waals surface area contributed by atoms with E-state index in [0.717, 1.165) is 10.5 Å². The Hall–Kier alpha value is -1.97. The van der Waals surface area contributed by atoms with Crippen LogP contribution in [0.25, 0.3) is 0 Å². The maximum atomic E-state index is 11.9. The molecule has 1 fully saturated rings. The molecule has 1 aromatic carbocycles. The fraction of sp³-hybridized carbons (Fsp3) is 0.429. The topological polar surface area (TPSA) is 127 Å². The smallest absolute Gasteiger partial charge is 0.328 e. The SMILES string of the molecule is NS(=O)(=O)C1CC(=O)N([C@@H](COCc2ccccc2)C(=O)O)C1. The van der Waals surface area contributed by atoms with Gasteiger partial charge in [0.2, 0.25) is 15.9 Å². The number of carboxylic acid groups (broad SMARTS) is 1. The predicted molar refractivity (Wildman–Crippen MR) is 80.7 cm³/mol. The van der Waals surface area contributed by atoms with Crippen LogP contribution in [0.5, 0.6) is 0 Å². The van der Waals surface area contributed by atoms with Crippen LogP contribution in [0.2, 0.25) is 0 Å². The quantitative estimate of drug-likeness (QED) is 0.691. The standard InChI is InChI=1S/C14H18N2O6S/c15-23(20,21)11-6-13(17)16(7-11)12(14(18)19)9-22-8-10-4-2-1-3-5-10/h1-5,11-12H,6-9H2,(H,18,19)(H2,15,20,21)/t11?,12-/m0/s1. The highest BCUT2D eigenvalue weighted by Gasteiger charge is 2.42. The summed E-state index contributed by atoms with van der Waals surface area (Å²) in [7, 11) is -3.89. The number of nitrogens with two attached hydrogens (primary N) is 1. The number of likely N-dealkylation sites (tertiary alicyclic amines) is 1. The number of primary sulfonamides is 1. The van der Waals surface area contributed by atoms with Crippen molar-refractivity contribution in [3.8, 4) is 0 Å². The summed E-state index contributed by atoms with van der Waals surface area (Å²) in [5, 5.41) is 13.2. The average molecular weight is 342 g/mol. The van der Waals surface area contributed by atoms with Crippen LogP contribution in [0.4, 0.5) is 0 Å². The highest BCUT2D eigenvalue weighted by molar-refractivity contribution is 7.89. The predicted octanol–water partition coefficient (Wildman–Crippen LogP) is -0.454. The maximum absolute atomic E-state index is 11.9. The van der Waals surface area contributed by atoms with Gasteiger partial charge in [-0.3, -0.25) is 4.79 Å². The number of hydrogen-bond donors (Lipinski definition) is 2. The van der Waals surface area contributed by atoms with Gasteiger partial charge in [0.05, 0.1) is 13.2 Å². The van der Waals surface area contributed by atoms with E-state index in [0.29, 0.717) is 0 Å². The van der Waals surface area contributed by atoms with Crippen molar-refractivity contribution in [2.45, 2.75) is 24.3 Å². The maximum Gasteiger partial charge on any atom is 0.328 e. The minimum atomic E-state index is -3.89. The lowest BCUT2D eigenvalue weighted by molar-refractivity contribution is -0.151. The van der Waals surface area contributed by atoms with Gasteiger partial charge in [0, 0.05) is 13.0 Å². The van der Waals surface area contributed by atoms with Crippen molar-refractivity contribution >= 4 is 21.9 Å². The molecule has 0 aliphatic carbocycles. The van der Waals surface area contributed by atoms with Gasteiger partial charge in [0.1, 0.15) is 5.25 Å². The second kappa shape index (κ2) is 7.07. The molecule has 0 radical (unpaired) electrons. The number of sulfonamides is 1. The van der Waals surface area contributed by atoms with Crippen LogP contribution in [-0.4, -0.2) is 54.7 Å². The average Bonchev–Trinajstić information content (AvgIpc) is 2.86. The monoisotopic (exact) mass is 342 g/mol. The molecule has 23 heavy (non-hydrogen) atoms. The van der Waals surface area contributed by atoms with E-state index in [-0.39, 0.29) is 26.2 Å². The molecule has 9 heteroatoms. The van der Waals surface area contributed by atoms with E-state index in [2.05, 4.69) is 0 Å². The minimum absolute atomic E-state index is 0.200. The Kier molecular flexibility index (Phi) is 5.34. The van der Waals surface area contributed by atoms with Gasteiger partial charge in [-0.1, -0.05) is 30.3 Å². The zero-order valence-electron chi connectivity index (χ0n) is 12.3. The fourth-order valence-corrected chi connectivity index (χ4v) is 3.12. The largest absolute Gasteiger partial charge is 0.480 e. The number of amides is 1. The first-order valence-electron chi connectivity index (χ1n) is 6.94. The molecular weight excluding hydrogens is 324 g/mol. The zero-order chi connectivity index (χ0) is 17.0. The second-order valence-electron chi connectivity index (χ2n) is 5.32. The van der Waals surface area contributed by atoms with E-state index in [1.807, 2.05) is 30.3 Å². The van der Waals surface area contributed by atoms with Gasteiger partial charge in [-0.15, -0.1) is 0 Å². The van der Waals surface area contributed by atoms with Crippen LogP contribution in [0, 0.1) is 0 Å². The van der Waals surface area contributed by atoms with Crippen LogP contribution < -0.4 is 5.14 Å². The summed E-state index contributed by atoms with van der Waals surface area (Å²) in [5.74, 6) is -1.80. The molecule has 0 saturated carbocycles. The van der Waals surface area contributed by atoms with Crippen LogP contribution >= 0.6 is 0 Å².